The fourth-order valence-electron chi connectivity index (χ4n) is 3.92. The SMILES string of the molecule is O=C(C=Cc1ccc(CN(CCc2c[nH]c3ccccc23)C2CCC2)cc1)NO. The normalized spacial score (nSPS) is 14.6. The molecule has 1 aliphatic carbocycles. The maximum absolute atomic E-state index is 11.1. The Morgan fingerprint density at radius 2 is 1.97 bits per heavy atom. The molecule has 1 saturated carbocycles. The molecule has 0 aliphatic heterocycles. The van der Waals surface area contributed by atoms with Gasteiger partial charge in [-0.2, -0.15) is 0 Å². The molecule has 0 atom stereocenters. The van der Waals surface area contributed by atoms with Crippen molar-refractivity contribution in [3.05, 3.63) is 77.5 Å². The van der Waals surface area contributed by atoms with E-state index in [0.29, 0.717) is 6.04 Å². The van der Waals surface area contributed by atoms with E-state index in [4.69, 9.17) is 5.21 Å². The van der Waals surface area contributed by atoms with Crippen molar-refractivity contribution in [3.8, 4) is 0 Å². The van der Waals surface area contributed by atoms with Crippen LogP contribution in [-0.2, 0) is 17.8 Å². The Labute approximate surface area is 171 Å². The second kappa shape index (κ2) is 9.07. The van der Waals surface area contributed by atoms with E-state index in [1.54, 1.807) is 11.6 Å². The van der Waals surface area contributed by atoms with Gasteiger partial charge in [0.2, 0.25) is 0 Å². The number of carbonyl (C=O) groups is 1. The molecule has 2 aromatic carbocycles. The first kappa shape index (κ1) is 19.4. The van der Waals surface area contributed by atoms with E-state index < -0.39 is 5.91 Å². The summed E-state index contributed by atoms with van der Waals surface area (Å²) in [5, 5.41) is 9.88. The minimum Gasteiger partial charge on any atom is -0.361 e. The molecule has 29 heavy (non-hydrogen) atoms. The van der Waals surface area contributed by atoms with Gasteiger partial charge in [0.05, 0.1) is 0 Å². The average Bonchev–Trinajstić information content (AvgIpc) is 3.13. The molecule has 1 aliphatic rings. The van der Waals surface area contributed by atoms with E-state index in [9.17, 15) is 4.79 Å². The van der Waals surface area contributed by atoms with Crippen LogP contribution >= 0.6 is 0 Å². The molecule has 4 rings (SSSR count). The summed E-state index contributed by atoms with van der Waals surface area (Å²) in [6, 6.07) is 17.4. The molecular formula is C24H27N3O2. The molecule has 0 radical (unpaired) electrons. The molecule has 150 valence electrons. The third-order valence-corrected chi connectivity index (χ3v) is 5.84. The number of hydrogen-bond donors (Lipinski definition) is 3. The van der Waals surface area contributed by atoms with Crippen LogP contribution in [-0.4, -0.2) is 33.6 Å². The molecule has 0 unspecified atom stereocenters. The van der Waals surface area contributed by atoms with Crippen LogP contribution in [0.15, 0.2) is 60.8 Å². The number of carbonyl (C=O) groups excluding carboxylic acids is 1. The fourth-order valence-corrected chi connectivity index (χ4v) is 3.92. The molecule has 3 N–H and O–H groups in total. The van der Waals surface area contributed by atoms with Crippen LogP contribution in [0.1, 0.15) is 36.0 Å². The lowest BCUT2D eigenvalue weighted by Crippen LogP contribution is -2.40. The number of aromatic nitrogens is 1. The molecule has 1 heterocycles. The molecule has 0 saturated heterocycles. The molecule has 1 fully saturated rings. The number of hydroxylamine groups is 1. The zero-order valence-electron chi connectivity index (χ0n) is 16.5. The zero-order valence-corrected chi connectivity index (χ0v) is 16.5. The van der Waals surface area contributed by atoms with Crippen molar-refractivity contribution >= 4 is 22.9 Å². The molecule has 3 aromatic rings. The number of hydrogen-bond acceptors (Lipinski definition) is 3. The largest absolute Gasteiger partial charge is 0.361 e. The van der Waals surface area contributed by atoms with E-state index in [1.807, 2.05) is 12.1 Å². The first-order chi connectivity index (χ1) is 14.2. The van der Waals surface area contributed by atoms with Gasteiger partial charge in [-0.25, -0.2) is 5.48 Å². The lowest BCUT2D eigenvalue weighted by molar-refractivity contribution is -0.124. The zero-order chi connectivity index (χ0) is 20.1. The van der Waals surface area contributed by atoms with Gasteiger partial charge in [0, 0.05) is 42.3 Å². The molecule has 0 bridgehead atoms. The van der Waals surface area contributed by atoms with Crippen molar-refractivity contribution in [2.45, 2.75) is 38.3 Å². The molecule has 5 heteroatoms. The third kappa shape index (κ3) is 4.75. The second-order valence-corrected chi connectivity index (χ2v) is 7.72. The standard InChI is InChI=1S/C24H27N3O2/c28-24(26-29)13-12-18-8-10-19(11-9-18)17-27(21-4-3-5-21)15-14-20-16-25-23-7-2-1-6-22(20)23/h1-2,6-13,16,21,25,29H,3-5,14-15,17H2,(H,26,28). The Morgan fingerprint density at radius 3 is 2.69 bits per heavy atom. The van der Waals surface area contributed by atoms with Crippen molar-refractivity contribution < 1.29 is 10.0 Å². The Bertz CT molecular complexity index is 987. The maximum atomic E-state index is 11.1. The van der Waals surface area contributed by atoms with E-state index in [-0.39, 0.29) is 0 Å². The number of rotatable bonds is 8. The van der Waals surface area contributed by atoms with Crippen LogP contribution in [0.3, 0.4) is 0 Å². The summed E-state index contributed by atoms with van der Waals surface area (Å²) < 4.78 is 0. The van der Waals surface area contributed by atoms with Crippen LogP contribution in [0.2, 0.25) is 0 Å². The Kier molecular flexibility index (Phi) is 6.08. The van der Waals surface area contributed by atoms with Gasteiger partial charge in [0.25, 0.3) is 5.91 Å². The van der Waals surface area contributed by atoms with Gasteiger partial charge < -0.3 is 4.98 Å². The first-order valence-electron chi connectivity index (χ1n) is 10.2. The van der Waals surface area contributed by atoms with Crippen molar-refractivity contribution in [2.75, 3.05) is 6.54 Å². The van der Waals surface area contributed by atoms with Gasteiger partial charge in [0.1, 0.15) is 0 Å². The topological polar surface area (TPSA) is 68.4 Å². The highest BCUT2D eigenvalue weighted by atomic mass is 16.5. The predicted octanol–water partition coefficient (Wildman–Crippen LogP) is 4.28. The van der Waals surface area contributed by atoms with Crippen LogP contribution in [0, 0.1) is 0 Å². The van der Waals surface area contributed by atoms with Gasteiger partial charge >= 0.3 is 0 Å². The van der Waals surface area contributed by atoms with Crippen molar-refractivity contribution in [3.63, 3.8) is 0 Å². The highest BCUT2D eigenvalue weighted by Crippen LogP contribution is 2.27. The Hall–Kier alpha value is -2.89. The van der Waals surface area contributed by atoms with Crippen molar-refractivity contribution in [1.29, 1.82) is 0 Å². The minimum absolute atomic E-state index is 0.525. The predicted molar refractivity (Wildman–Crippen MR) is 115 cm³/mol. The van der Waals surface area contributed by atoms with Crippen LogP contribution < -0.4 is 5.48 Å². The minimum atomic E-state index is -0.525. The van der Waals surface area contributed by atoms with E-state index in [0.717, 1.165) is 25.1 Å². The third-order valence-electron chi connectivity index (χ3n) is 5.84. The quantitative estimate of drug-likeness (QED) is 0.306. The highest BCUT2D eigenvalue weighted by Gasteiger charge is 2.24. The summed E-state index contributed by atoms with van der Waals surface area (Å²) in [5.74, 6) is -0.525. The number of benzene rings is 2. The van der Waals surface area contributed by atoms with E-state index in [2.05, 4.69) is 52.5 Å². The van der Waals surface area contributed by atoms with Crippen molar-refractivity contribution in [2.24, 2.45) is 0 Å². The number of nitrogens with one attached hydrogen (secondary N) is 2. The summed E-state index contributed by atoms with van der Waals surface area (Å²) in [5.41, 5.74) is 6.40. The van der Waals surface area contributed by atoms with Gasteiger partial charge in [0.15, 0.2) is 0 Å². The van der Waals surface area contributed by atoms with Gasteiger partial charge in [-0.1, -0.05) is 48.9 Å². The summed E-state index contributed by atoms with van der Waals surface area (Å²) >= 11 is 0. The maximum Gasteiger partial charge on any atom is 0.267 e. The molecule has 1 aromatic heterocycles. The van der Waals surface area contributed by atoms with Crippen molar-refractivity contribution in [1.82, 2.24) is 15.4 Å². The van der Waals surface area contributed by atoms with E-state index in [1.165, 1.54) is 47.4 Å². The number of fused-ring (bicyclic) bond motifs is 1. The Balaban J connectivity index is 1.41. The average molecular weight is 389 g/mol. The molecule has 1 amide bonds. The highest BCUT2D eigenvalue weighted by molar-refractivity contribution is 5.90. The number of amides is 1. The summed E-state index contributed by atoms with van der Waals surface area (Å²) in [4.78, 5) is 17.1. The number of para-hydroxylation sites is 1. The second-order valence-electron chi connectivity index (χ2n) is 7.72. The summed E-state index contributed by atoms with van der Waals surface area (Å²) in [7, 11) is 0. The van der Waals surface area contributed by atoms with E-state index >= 15 is 0 Å². The molecule has 5 nitrogen and oxygen atoms in total. The number of aromatic amines is 1. The Morgan fingerprint density at radius 1 is 1.17 bits per heavy atom. The van der Waals surface area contributed by atoms with Crippen LogP contribution in [0.5, 0.6) is 0 Å². The smallest absolute Gasteiger partial charge is 0.267 e. The number of nitrogens with zero attached hydrogens (tertiary/aromatic N) is 1. The number of H-pyrrole nitrogens is 1. The lowest BCUT2D eigenvalue weighted by atomic mass is 9.90. The van der Waals surface area contributed by atoms with Gasteiger partial charge in [-0.3, -0.25) is 14.9 Å². The molecule has 0 spiro atoms. The fraction of sp³-hybridized carbons (Fsp3) is 0.292. The van der Waals surface area contributed by atoms with Gasteiger partial charge in [-0.15, -0.1) is 0 Å². The monoisotopic (exact) mass is 389 g/mol. The van der Waals surface area contributed by atoms with Crippen LogP contribution in [0.25, 0.3) is 17.0 Å². The first-order valence-corrected chi connectivity index (χ1v) is 10.2. The summed E-state index contributed by atoms with van der Waals surface area (Å²) in [6.07, 6.45) is 10.1. The summed E-state index contributed by atoms with van der Waals surface area (Å²) in [6.45, 7) is 1.99. The van der Waals surface area contributed by atoms with Crippen LogP contribution in [0.4, 0.5) is 0 Å². The lowest BCUT2D eigenvalue weighted by Gasteiger charge is -2.37. The molecular weight excluding hydrogens is 362 g/mol. The van der Waals surface area contributed by atoms with Gasteiger partial charge in [-0.05, 0) is 48.1 Å².